The molecular formula is C19H23N3. The van der Waals surface area contributed by atoms with E-state index in [1.165, 1.54) is 16.7 Å². The molecular weight excluding hydrogens is 270 g/mol. The summed E-state index contributed by atoms with van der Waals surface area (Å²) >= 11 is 0. The largest absolute Gasteiger partial charge is 0.344 e. The number of benzene rings is 2. The Labute approximate surface area is 132 Å². The number of hydrogen-bond acceptors (Lipinski definition) is 1. The molecule has 0 aliphatic carbocycles. The third-order valence-corrected chi connectivity index (χ3v) is 3.50. The number of anilines is 1. The Morgan fingerprint density at radius 2 is 1.55 bits per heavy atom. The van der Waals surface area contributed by atoms with E-state index in [2.05, 4.69) is 73.3 Å². The minimum atomic E-state index is 0.820. The molecule has 0 atom stereocenters. The maximum absolute atomic E-state index is 4.41. The highest BCUT2D eigenvalue weighted by Crippen LogP contribution is 2.19. The van der Waals surface area contributed by atoms with Crippen LogP contribution in [0.2, 0.25) is 0 Å². The Balaban J connectivity index is 2.07. The van der Waals surface area contributed by atoms with Gasteiger partial charge in [-0.15, -0.1) is 0 Å². The van der Waals surface area contributed by atoms with Crippen molar-refractivity contribution in [3.05, 3.63) is 58.7 Å². The van der Waals surface area contributed by atoms with Crippen molar-refractivity contribution in [1.82, 2.24) is 0 Å². The molecule has 2 rings (SSSR count). The highest BCUT2D eigenvalue weighted by Gasteiger charge is 1.99. The van der Waals surface area contributed by atoms with E-state index in [0.717, 1.165) is 22.8 Å². The average Bonchev–Trinajstić information content (AvgIpc) is 2.44. The summed E-state index contributed by atoms with van der Waals surface area (Å²) in [5.74, 6) is 0.820. The van der Waals surface area contributed by atoms with Crippen molar-refractivity contribution in [3.8, 4) is 0 Å². The Hall–Kier alpha value is -2.42. The molecule has 0 aromatic heterocycles. The molecule has 0 amide bonds. The average molecular weight is 293 g/mol. The molecule has 2 aromatic carbocycles. The Bertz CT molecular complexity index is 727. The van der Waals surface area contributed by atoms with Gasteiger partial charge in [-0.25, -0.2) is 9.98 Å². The van der Waals surface area contributed by atoms with Crippen LogP contribution in [0.3, 0.4) is 0 Å². The second kappa shape index (κ2) is 7.03. The van der Waals surface area contributed by atoms with Crippen LogP contribution in [0.25, 0.3) is 0 Å². The Morgan fingerprint density at radius 3 is 2.18 bits per heavy atom. The SMILES string of the molecule is CC(=NC=Nc1ccc(C)cc1C)Nc1ccc(C)cc1C. The van der Waals surface area contributed by atoms with Gasteiger partial charge in [0.25, 0.3) is 0 Å². The van der Waals surface area contributed by atoms with E-state index in [-0.39, 0.29) is 0 Å². The number of nitrogens with one attached hydrogen (secondary N) is 1. The van der Waals surface area contributed by atoms with Gasteiger partial charge in [-0.05, 0) is 57.9 Å². The van der Waals surface area contributed by atoms with Crippen LogP contribution in [-0.2, 0) is 0 Å². The third kappa shape index (κ3) is 4.29. The first kappa shape index (κ1) is 16.0. The van der Waals surface area contributed by atoms with Gasteiger partial charge in [-0.2, -0.15) is 0 Å². The molecule has 0 aliphatic rings. The summed E-state index contributed by atoms with van der Waals surface area (Å²) in [6.45, 7) is 10.3. The van der Waals surface area contributed by atoms with E-state index in [0.29, 0.717) is 0 Å². The van der Waals surface area contributed by atoms with Crippen LogP contribution in [0, 0.1) is 27.7 Å². The van der Waals surface area contributed by atoms with Gasteiger partial charge in [0.15, 0.2) is 0 Å². The molecule has 2 aromatic rings. The lowest BCUT2D eigenvalue weighted by atomic mass is 10.1. The number of hydrogen-bond donors (Lipinski definition) is 1. The minimum absolute atomic E-state index is 0.820. The monoisotopic (exact) mass is 293 g/mol. The topological polar surface area (TPSA) is 36.8 Å². The molecule has 0 fully saturated rings. The molecule has 0 bridgehead atoms. The standard InChI is InChI=1S/C19H23N3/c1-13-6-8-18(15(3)10-13)21-12-20-17(5)22-19-9-7-14(2)11-16(19)4/h6-12H,1-5H3,(H,20,21,22). The smallest absolute Gasteiger partial charge is 0.118 e. The first-order valence-electron chi connectivity index (χ1n) is 7.44. The zero-order chi connectivity index (χ0) is 16.1. The molecule has 1 N–H and O–H groups in total. The van der Waals surface area contributed by atoms with Crippen molar-refractivity contribution in [3.63, 3.8) is 0 Å². The molecule has 22 heavy (non-hydrogen) atoms. The van der Waals surface area contributed by atoms with Gasteiger partial charge in [0.05, 0.1) is 5.69 Å². The van der Waals surface area contributed by atoms with E-state index in [4.69, 9.17) is 0 Å². The molecule has 3 nitrogen and oxygen atoms in total. The second-order valence-corrected chi connectivity index (χ2v) is 5.69. The first-order valence-corrected chi connectivity index (χ1v) is 7.44. The number of nitrogens with zero attached hydrogens (tertiary/aromatic N) is 2. The highest BCUT2D eigenvalue weighted by molar-refractivity contribution is 5.98. The predicted octanol–water partition coefficient (Wildman–Crippen LogP) is 5.11. The van der Waals surface area contributed by atoms with Crippen LogP contribution in [0.15, 0.2) is 46.4 Å². The van der Waals surface area contributed by atoms with Crippen molar-refractivity contribution in [1.29, 1.82) is 0 Å². The molecule has 0 spiro atoms. The highest BCUT2D eigenvalue weighted by atomic mass is 15.0. The van der Waals surface area contributed by atoms with Crippen LogP contribution in [0.5, 0.6) is 0 Å². The van der Waals surface area contributed by atoms with Crippen molar-refractivity contribution in [2.75, 3.05) is 5.32 Å². The van der Waals surface area contributed by atoms with Gasteiger partial charge in [-0.3, -0.25) is 0 Å². The lowest BCUT2D eigenvalue weighted by Crippen LogP contribution is -2.08. The molecule has 0 unspecified atom stereocenters. The maximum atomic E-state index is 4.41. The Morgan fingerprint density at radius 1 is 0.909 bits per heavy atom. The van der Waals surface area contributed by atoms with Crippen LogP contribution < -0.4 is 5.32 Å². The summed E-state index contributed by atoms with van der Waals surface area (Å²) < 4.78 is 0. The van der Waals surface area contributed by atoms with E-state index < -0.39 is 0 Å². The summed E-state index contributed by atoms with van der Waals surface area (Å²) in [6.07, 6.45) is 1.60. The molecule has 0 heterocycles. The fraction of sp³-hybridized carbons (Fsp3) is 0.263. The quantitative estimate of drug-likeness (QED) is 0.619. The number of aryl methyl sites for hydroxylation is 4. The molecule has 0 aliphatic heterocycles. The molecule has 0 saturated heterocycles. The van der Waals surface area contributed by atoms with Gasteiger partial charge in [-0.1, -0.05) is 35.4 Å². The van der Waals surface area contributed by atoms with Crippen LogP contribution in [-0.4, -0.2) is 12.2 Å². The molecule has 0 saturated carbocycles. The van der Waals surface area contributed by atoms with Gasteiger partial charge >= 0.3 is 0 Å². The molecule has 114 valence electrons. The van der Waals surface area contributed by atoms with E-state index in [1.54, 1.807) is 6.34 Å². The van der Waals surface area contributed by atoms with Gasteiger partial charge < -0.3 is 5.32 Å². The van der Waals surface area contributed by atoms with Crippen LogP contribution >= 0.6 is 0 Å². The van der Waals surface area contributed by atoms with Gasteiger partial charge in [0.2, 0.25) is 0 Å². The summed E-state index contributed by atoms with van der Waals surface area (Å²) in [6, 6.07) is 12.5. The number of rotatable bonds is 3. The summed E-state index contributed by atoms with van der Waals surface area (Å²) in [5.41, 5.74) is 6.90. The van der Waals surface area contributed by atoms with Crippen molar-refractivity contribution in [2.24, 2.45) is 9.98 Å². The Kier molecular flexibility index (Phi) is 5.10. The van der Waals surface area contributed by atoms with E-state index in [9.17, 15) is 0 Å². The second-order valence-electron chi connectivity index (χ2n) is 5.69. The fourth-order valence-electron chi connectivity index (χ4n) is 2.31. The lowest BCUT2D eigenvalue weighted by molar-refractivity contribution is 1.34. The molecule has 0 radical (unpaired) electrons. The predicted molar refractivity (Wildman–Crippen MR) is 96.7 cm³/mol. The number of amidine groups is 1. The summed E-state index contributed by atoms with van der Waals surface area (Å²) in [5, 5.41) is 3.31. The normalized spacial score (nSPS) is 12.0. The number of aliphatic imine (C=N–C) groups is 2. The summed E-state index contributed by atoms with van der Waals surface area (Å²) in [7, 11) is 0. The van der Waals surface area contributed by atoms with Crippen LogP contribution in [0.1, 0.15) is 29.2 Å². The van der Waals surface area contributed by atoms with Crippen LogP contribution in [0.4, 0.5) is 11.4 Å². The lowest BCUT2D eigenvalue weighted by Gasteiger charge is -2.09. The first-order chi connectivity index (χ1) is 10.5. The van der Waals surface area contributed by atoms with E-state index in [1.807, 2.05) is 13.0 Å². The molecule has 3 heteroatoms. The van der Waals surface area contributed by atoms with Crippen molar-refractivity contribution < 1.29 is 0 Å². The van der Waals surface area contributed by atoms with Crippen molar-refractivity contribution in [2.45, 2.75) is 34.6 Å². The van der Waals surface area contributed by atoms with E-state index >= 15 is 0 Å². The van der Waals surface area contributed by atoms with Crippen molar-refractivity contribution >= 4 is 23.5 Å². The third-order valence-electron chi connectivity index (χ3n) is 3.50. The zero-order valence-corrected chi connectivity index (χ0v) is 13.9. The minimum Gasteiger partial charge on any atom is -0.344 e. The summed E-state index contributed by atoms with van der Waals surface area (Å²) in [4.78, 5) is 8.77. The van der Waals surface area contributed by atoms with Gasteiger partial charge in [0, 0.05) is 5.69 Å². The maximum Gasteiger partial charge on any atom is 0.118 e. The zero-order valence-electron chi connectivity index (χ0n) is 13.9. The van der Waals surface area contributed by atoms with Gasteiger partial charge in [0.1, 0.15) is 12.2 Å². The fourth-order valence-corrected chi connectivity index (χ4v) is 2.31.